The SMILES string of the molecule is CC(=O)Nc1ccc(-c2ccc(Nc3nc4c(=O)[nH]c(N)nc4n3[C@H]3C[C@H](O)[C@@H](CO)O3)cc2)cc1. The lowest BCUT2D eigenvalue weighted by Crippen LogP contribution is -2.24. The average Bonchev–Trinajstić information content (AvgIpc) is 3.39. The van der Waals surface area contributed by atoms with Gasteiger partial charge in [-0.3, -0.25) is 19.1 Å². The number of aromatic nitrogens is 4. The number of anilines is 4. The maximum absolute atomic E-state index is 12.5. The monoisotopic (exact) mass is 491 g/mol. The molecule has 1 aliphatic heterocycles. The second kappa shape index (κ2) is 9.41. The van der Waals surface area contributed by atoms with E-state index in [2.05, 4.69) is 25.6 Å². The molecule has 186 valence electrons. The first kappa shape index (κ1) is 23.5. The van der Waals surface area contributed by atoms with Gasteiger partial charge in [-0.1, -0.05) is 24.3 Å². The largest absolute Gasteiger partial charge is 0.394 e. The van der Waals surface area contributed by atoms with E-state index >= 15 is 0 Å². The number of nitrogens with zero attached hydrogens (tertiary/aromatic N) is 3. The average molecular weight is 492 g/mol. The van der Waals surface area contributed by atoms with E-state index in [9.17, 15) is 19.8 Å². The molecule has 0 spiro atoms. The van der Waals surface area contributed by atoms with Crippen LogP contribution in [0.1, 0.15) is 19.6 Å². The summed E-state index contributed by atoms with van der Waals surface area (Å²) in [4.78, 5) is 34.8. The summed E-state index contributed by atoms with van der Waals surface area (Å²) in [5, 5.41) is 25.7. The first-order valence-electron chi connectivity index (χ1n) is 11.3. The molecule has 2 aromatic carbocycles. The van der Waals surface area contributed by atoms with Crippen molar-refractivity contribution in [2.24, 2.45) is 0 Å². The number of aliphatic hydroxyl groups excluding tert-OH is 2. The molecule has 5 rings (SSSR count). The van der Waals surface area contributed by atoms with Crippen molar-refractivity contribution in [3.8, 4) is 11.1 Å². The fourth-order valence-electron chi connectivity index (χ4n) is 4.22. The fourth-order valence-corrected chi connectivity index (χ4v) is 4.22. The summed E-state index contributed by atoms with van der Waals surface area (Å²) in [7, 11) is 0. The summed E-state index contributed by atoms with van der Waals surface area (Å²) in [5.74, 6) is 0.0663. The number of carbonyl (C=O) groups excluding carboxylic acids is 1. The van der Waals surface area contributed by atoms with E-state index in [-0.39, 0.29) is 42.0 Å². The van der Waals surface area contributed by atoms with Gasteiger partial charge < -0.3 is 31.3 Å². The van der Waals surface area contributed by atoms with E-state index in [1.54, 1.807) is 4.57 Å². The summed E-state index contributed by atoms with van der Waals surface area (Å²) in [5.41, 5.74) is 8.85. The smallest absolute Gasteiger partial charge is 0.280 e. The van der Waals surface area contributed by atoms with E-state index < -0.39 is 24.0 Å². The summed E-state index contributed by atoms with van der Waals surface area (Å²) < 4.78 is 7.37. The lowest BCUT2D eigenvalue weighted by atomic mass is 10.1. The topological polar surface area (TPSA) is 180 Å². The van der Waals surface area contributed by atoms with Crippen molar-refractivity contribution >= 4 is 40.3 Å². The lowest BCUT2D eigenvalue weighted by molar-refractivity contribution is -0.114. The molecule has 0 unspecified atom stereocenters. The maximum Gasteiger partial charge on any atom is 0.280 e. The molecule has 0 aliphatic carbocycles. The molecule has 3 atom stereocenters. The van der Waals surface area contributed by atoms with Gasteiger partial charge in [0.2, 0.25) is 17.8 Å². The highest BCUT2D eigenvalue weighted by Gasteiger charge is 2.37. The minimum absolute atomic E-state index is 0.0631. The number of carbonyl (C=O) groups is 1. The van der Waals surface area contributed by atoms with Crippen molar-refractivity contribution in [2.45, 2.75) is 31.8 Å². The number of aromatic amines is 1. The predicted octanol–water partition coefficient (Wildman–Crippen LogP) is 1.71. The van der Waals surface area contributed by atoms with Crippen molar-refractivity contribution in [3.63, 3.8) is 0 Å². The van der Waals surface area contributed by atoms with Gasteiger partial charge >= 0.3 is 0 Å². The van der Waals surface area contributed by atoms with Crippen LogP contribution in [0.5, 0.6) is 0 Å². The maximum atomic E-state index is 12.5. The Hall–Kier alpha value is -4.26. The van der Waals surface area contributed by atoms with Gasteiger partial charge in [0, 0.05) is 24.7 Å². The second-order valence-corrected chi connectivity index (χ2v) is 8.50. The van der Waals surface area contributed by atoms with E-state index in [1.807, 2.05) is 48.5 Å². The van der Waals surface area contributed by atoms with Crippen LogP contribution in [0, 0.1) is 0 Å². The molecule has 2 aromatic heterocycles. The zero-order chi connectivity index (χ0) is 25.4. The van der Waals surface area contributed by atoms with Crippen LogP contribution in [0.2, 0.25) is 0 Å². The van der Waals surface area contributed by atoms with Crippen LogP contribution in [-0.2, 0) is 9.53 Å². The van der Waals surface area contributed by atoms with Crippen molar-refractivity contribution in [2.75, 3.05) is 23.0 Å². The summed E-state index contributed by atoms with van der Waals surface area (Å²) in [6.45, 7) is 1.11. The number of aliphatic hydroxyl groups is 2. The Kier molecular flexibility index (Phi) is 6.14. The van der Waals surface area contributed by atoms with E-state index in [0.717, 1.165) is 16.8 Å². The van der Waals surface area contributed by atoms with Crippen molar-refractivity contribution < 1.29 is 19.7 Å². The van der Waals surface area contributed by atoms with Gasteiger partial charge in [0.25, 0.3) is 5.56 Å². The highest BCUT2D eigenvalue weighted by Crippen LogP contribution is 2.34. The quantitative estimate of drug-likeness (QED) is 0.234. The third-order valence-electron chi connectivity index (χ3n) is 5.92. The summed E-state index contributed by atoms with van der Waals surface area (Å²) >= 11 is 0. The van der Waals surface area contributed by atoms with Crippen LogP contribution in [0.4, 0.5) is 23.3 Å². The molecule has 0 bridgehead atoms. The van der Waals surface area contributed by atoms with Crippen molar-refractivity contribution in [3.05, 3.63) is 58.9 Å². The molecule has 1 saturated heterocycles. The molecular weight excluding hydrogens is 466 g/mol. The standard InChI is InChI=1S/C24H25N7O5/c1-12(33)26-15-6-2-13(3-7-15)14-4-8-16(9-5-14)27-24-28-20-21(29-23(25)30-22(20)35)31(24)19-10-17(34)18(11-32)36-19/h2-9,17-19,32,34H,10-11H2,1H3,(H,26,33)(H,27,28)(H3,25,29,30,35)/t17-,18+,19+/m0/s1. The number of hydrogen-bond acceptors (Lipinski definition) is 9. The number of imidazole rings is 1. The number of rotatable bonds is 6. The number of benzene rings is 2. The minimum atomic E-state index is -0.888. The van der Waals surface area contributed by atoms with Crippen LogP contribution >= 0.6 is 0 Å². The van der Waals surface area contributed by atoms with E-state index in [1.165, 1.54) is 6.92 Å². The Morgan fingerprint density at radius 3 is 2.36 bits per heavy atom. The molecule has 7 N–H and O–H groups in total. The number of nitrogens with one attached hydrogen (secondary N) is 3. The molecule has 1 aliphatic rings. The molecule has 0 radical (unpaired) electrons. The van der Waals surface area contributed by atoms with Crippen LogP contribution in [-0.4, -0.2) is 54.5 Å². The number of nitrogens with two attached hydrogens (primary N) is 1. The number of nitrogen functional groups attached to an aromatic ring is 1. The van der Waals surface area contributed by atoms with Crippen LogP contribution in [0.15, 0.2) is 53.3 Å². The fraction of sp³-hybridized carbons (Fsp3) is 0.250. The second-order valence-electron chi connectivity index (χ2n) is 8.50. The molecule has 1 amide bonds. The highest BCUT2D eigenvalue weighted by atomic mass is 16.5. The zero-order valence-corrected chi connectivity index (χ0v) is 19.3. The van der Waals surface area contributed by atoms with Crippen LogP contribution < -0.4 is 21.9 Å². The molecule has 1 fully saturated rings. The number of hydrogen-bond donors (Lipinski definition) is 6. The third kappa shape index (κ3) is 4.52. The van der Waals surface area contributed by atoms with Gasteiger partial charge in [-0.2, -0.15) is 4.98 Å². The van der Waals surface area contributed by atoms with Crippen LogP contribution in [0.25, 0.3) is 22.3 Å². The lowest BCUT2D eigenvalue weighted by Gasteiger charge is -2.17. The molecule has 36 heavy (non-hydrogen) atoms. The van der Waals surface area contributed by atoms with E-state index in [4.69, 9.17) is 10.5 Å². The molecule has 12 heteroatoms. The van der Waals surface area contributed by atoms with Crippen LogP contribution in [0.3, 0.4) is 0 Å². The first-order chi connectivity index (χ1) is 17.3. The normalized spacial score (nSPS) is 19.5. The predicted molar refractivity (Wildman–Crippen MR) is 134 cm³/mol. The Balaban J connectivity index is 1.45. The van der Waals surface area contributed by atoms with Gasteiger partial charge in [0.1, 0.15) is 12.3 Å². The number of amides is 1. The van der Waals surface area contributed by atoms with E-state index in [0.29, 0.717) is 5.69 Å². The Morgan fingerprint density at radius 2 is 1.78 bits per heavy atom. The van der Waals surface area contributed by atoms with Gasteiger partial charge in [0.05, 0.1) is 12.7 Å². The highest BCUT2D eigenvalue weighted by molar-refractivity contribution is 5.89. The van der Waals surface area contributed by atoms with Crippen molar-refractivity contribution in [1.29, 1.82) is 0 Å². The Labute approximate surface area is 204 Å². The Bertz CT molecular complexity index is 1460. The first-order valence-corrected chi connectivity index (χ1v) is 11.3. The number of ether oxygens (including phenoxy) is 1. The van der Waals surface area contributed by atoms with Gasteiger partial charge in [-0.15, -0.1) is 0 Å². The van der Waals surface area contributed by atoms with Gasteiger partial charge in [-0.25, -0.2) is 4.98 Å². The molecule has 3 heterocycles. The third-order valence-corrected chi connectivity index (χ3v) is 5.92. The summed E-state index contributed by atoms with van der Waals surface area (Å²) in [6.07, 6.45) is -2.20. The summed E-state index contributed by atoms with van der Waals surface area (Å²) in [6, 6.07) is 15.0. The molecule has 4 aromatic rings. The number of H-pyrrole nitrogens is 1. The minimum Gasteiger partial charge on any atom is -0.394 e. The van der Waals surface area contributed by atoms with Gasteiger partial charge in [-0.05, 0) is 35.4 Å². The van der Waals surface area contributed by atoms with Crippen molar-refractivity contribution in [1.82, 2.24) is 19.5 Å². The molecular formula is C24H25N7O5. The number of fused-ring (bicyclic) bond motifs is 1. The molecule has 0 saturated carbocycles. The Morgan fingerprint density at radius 1 is 1.14 bits per heavy atom. The molecule has 12 nitrogen and oxygen atoms in total. The zero-order valence-electron chi connectivity index (χ0n) is 19.3. The van der Waals surface area contributed by atoms with Gasteiger partial charge in [0.15, 0.2) is 11.2 Å².